The zero-order valence-corrected chi connectivity index (χ0v) is 26.2. The second kappa shape index (κ2) is 15.2. The van der Waals surface area contributed by atoms with Gasteiger partial charge in [0.2, 0.25) is 0 Å². The first kappa shape index (κ1) is 32.1. The zero-order valence-electron chi connectivity index (χ0n) is 26.2. The Kier molecular flexibility index (Phi) is 10.4. The van der Waals surface area contributed by atoms with Crippen molar-refractivity contribution in [3.63, 3.8) is 0 Å². The number of ketones is 2. The maximum absolute atomic E-state index is 12.5. The van der Waals surface area contributed by atoms with E-state index in [1.54, 1.807) is 24.3 Å². The third-order valence-corrected chi connectivity index (χ3v) is 8.91. The largest absolute Gasteiger partial charge is 0.507 e. The van der Waals surface area contributed by atoms with Crippen LogP contribution in [0.1, 0.15) is 54.1 Å². The van der Waals surface area contributed by atoms with Gasteiger partial charge < -0.3 is 19.0 Å². The number of fused-ring (bicyclic) bond motifs is 1. The highest BCUT2D eigenvalue weighted by Crippen LogP contribution is 2.34. The molecule has 1 aromatic heterocycles. The summed E-state index contributed by atoms with van der Waals surface area (Å²) in [6, 6.07) is 31.9. The summed E-state index contributed by atoms with van der Waals surface area (Å²) >= 11 is 0. The van der Waals surface area contributed by atoms with Crippen LogP contribution in [0, 0.1) is 5.92 Å². The molecule has 0 atom stereocenters. The van der Waals surface area contributed by atoms with Gasteiger partial charge in [-0.15, -0.1) is 0 Å². The summed E-state index contributed by atoms with van der Waals surface area (Å²) < 4.78 is 16.9. The van der Waals surface area contributed by atoms with Gasteiger partial charge in [-0.25, -0.2) is 0 Å². The Bertz CT molecular complexity index is 1880. The van der Waals surface area contributed by atoms with Crippen LogP contribution in [-0.2, 0) is 14.3 Å². The summed E-state index contributed by atoms with van der Waals surface area (Å²) in [5.74, 6) is 0.490. The Balaban J connectivity index is 0.000000164. The number of phenols is 1. The first-order chi connectivity index (χ1) is 23.0. The Morgan fingerprint density at radius 3 is 1.91 bits per heavy atom. The van der Waals surface area contributed by atoms with Crippen LogP contribution < -0.4 is 5.43 Å². The van der Waals surface area contributed by atoms with Gasteiger partial charge in [-0.2, -0.15) is 0 Å². The number of carbonyl (C=O) groups is 2. The van der Waals surface area contributed by atoms with Gasteiger partial charge in [0, 0.05) is 55.5 Å². The highest BCUT2D eigenvalue weighted by atomic mass is 16.5. The lowest BCUT2D eigenvalue weighted by Crippen LogP contribution is -2.25. The predicted octanol–water partition coefficient (Wildman–Crippen LogP) is 7.98. The number of rotatable bonds is 7. The minimum Gasteiger partial charge on any atom is -0.507 e. The van der Waals surface area contributed by atoms with Crippen LogP contribution in [0.5, 0.6) is 5.75 Å². The molecule has 2 aliphatic rings. The van der Waals surface area contributed by atoms with Crippen molar-refractivity contribution in [1.82, 2.24) is 0 Å². The Morgan fingerprint density at radius 2 is 1.26 bits per heavy atom. The fourth-order valence-corrected chi connectivity index (χ4v) is 6.26. The molecule has 0 radical (unpaired) electrons. The summed E-state index contributed by atoms with van der Waals surface area (Å²) in [7, 11) is 0. The van der Waals surface area contributed by atoms with Gasteiger partial charge in [0.25, 0.3) is 0 Å². The number of aromatic hydroxyl groups is 1. The lowest BCUT2D eigenvalue weighted by molar-refractivity contribution is -0.124. The van der Waals surface area contributed by atoms with Crippen molar-refractivity contribution < 1.29 is 28.6 Å². The normalized spacial score (nSPS) is 15.5. The molecule has 1 N–H and O–H groups in total. The van der Waals surface area contributed by atoms with Gasteiger partial charge in [-0.3, -0.25) is 14.4 Å². The SMILES string of the molecule is O=C(CC(=O)C1CCOCC1)c1cccc(-c2ccccc2)c1O.O=c1cc(C2CCOCC2)oc2c(-c3ccccc3)cccc12. The molecule has 47 heavy (non-hydrogen) atoms. The Morgan fingerprint density at radius 1 is 0.681 bits per heavy atom. The first-order valence-corrected chi connectivity index (χ1v) is 16.2. The average molecular weight is 631 g/mol. The van der Waals surface area contributed by atoms with Crippen molar-refractivity contribution in [1.29, 1.82) is 0 Å². The van der Waals surface area contributed by atoms with Crippen LogP contribution in [-0.4, -0.2) is 43.1 Å². The number of hydrogen-bond acceptors (Lipinski definition) is 7. The van der Waals surface area contributed by atoms with Crippen LogP contribution >= 0.6 is 0 Å². The van der Waals surface area contributed by atoms with E-state index in [4.69, 9.17) is 13.9 Å². The van der Waals surface area contributed by atoms with Crippen LogP contribution in [0.15, 0.2) is 112 Å². The molecule has 0 unspecified atom stereocenters. The molecule has 2 saturated heterocycles. The number of Topliss-reactive ketones (excluding diaryl/α,β-unsaturated/α-hetero) is 2. The van der Waals surface area contributed by atoms with Crippen LogP contribution in [0.3, 0.4) is 0 Å². The third-order valence-electron chi connectivity index (χ3n) is 8.91. The molecule has 0 aliphatic carbocycles. The zero-order chi connectivity index (χ0) is 32.6. The minimum atomic E-state index is -0.332. The van der Waals surface area contributed by atoms with Gasteiger partial charge in [-0.05, 0) is 48.9 Å². The van der Waals surface area contributed by atoms with Gasteiger partial charge in [0.15, 0.2) is 11.2 Å². The first-order valence-electron chi connectivity index (χ1n) is 16.2. The molecule has 3 heterocycles. The smallest absolute Gasteiger partial charge is 0.192 e. The molecule has 0 saturated carbocycles. The van der Waals surface area contributed by atoms with E-state index in [1.165, 1.54) is 0 Å². The molecule has 240 valence electrons. The fourth-order valence-electron chi connectivity index (χ4n) is 6.26. The molecule has 7 heteroatoms. The van der Waals surface area contributed by atoms with Gasteiger partial charge in [0.1, 0.15) is 22.9 Å². The maximum Gasteiger partial charge on any atom is 0.192 e. The number of benzene rings is 4. The summed E-state index contributed by atoms with van der Waals surface area (Å²) in [5.41, 5.74) is 4.38. The second-order valence-corrected chi connectivity index (χ2v) is 12.0. The van der Waals surface area contributed by atoms with E-state index in [9.17, 15) is 19.5 Å². The topological polar surface area (TPSA) is 103 Å². The lowest BCUT2D eigenvalue weighted by Gasteiger charge is -2.21. The van der Waals surface area contributed by atoms with Gasteiger partial charge >= 0.3 is 0 Å². The second-order valence-electron chi connectivity index (χ2n) is 12.0. The molecular formula is C40H38O7. The maximum atomic E-state index is 12.5. The number of hydrogen-bond donors (Lipinski definition) is 1. The van der Waals surface area contributed by atoms with Crippen LogP contribution in [0.25, 0.3) is 33.2 Å². The quantitative estimate of drug-likeness (QED) is 0.144. The van der Waals surface area contributed by atoms with Gasteiger partial charge in [-0.1, -0.05) is 84.9 Å². The van der Waals surface area contributed by atoms with E-state index in [0.717, 1.165) is 48.5 Å². The summed E-state index contributed by atoms with van der Waals surface area (Å²) in [6.07, 6.45) is 2.98. The number of ether oxygens (including phenoxy) is 2. The van der Waals surface area contributed by atoms with E-state index < -0.39 is 0 Å². The Labute approximate surface area is 273 Å². The minimum absolute atomic E-state index is 0.0329. The van der Waals surface area contributed by atoms with Crippen LogP contribution in [0.4, 0.5) is 0 Å². The van der Waals surface area contributed by atoms with Crippen molar-refractivity contribution >= 4 is 22.5 Å². The number of phenolic OH excluding ortho intramolecular Hbond substituents is 1. The van der Waals surface area contributed by atoms with E-state index in [0.29, 0.717) is 42.6 Å². The molecule has 4 aromatic carbocycles. The molecule has 0 bridgehead atoms. The molecular weight excluding hydrogens is 592 g/mol. The van der Waals surface area contributed by atoms with Gasteiger partial charge in [0.05, 0.1) is 17.4 Å². The molecule has 0 spiro atoms. The number of carbonyl (C=O) groups excluding carboxylic acids is 2. The van der Waals surface area contributed by atoms with E-state index in [2.05, 4.69) is 0 Å². The summed E-state index contributed by atoms with van der Waals surface area (Å²) in [4.78, 5) is 37.3. The Hall–Kier alpha value is -4.85. The van der Waals surface area contributed by atoms with Crippen molar-refractivity contribution in [2.24, 2.45) is 5.92 Å². The fraction of sp³-hybridized carbons (Fsp3) is 0.275. The molecule has 2 fully saturated rings. The number of para-hydroxylation sites is 2. The molecule has 0 amide bonds. The molecule has 5 aromatic rings. The van der Waals surface area contributed by atoms with Crippen molar-refractivity contribution in [2.45, 2.75) is 38.0 Å². The summed E-state index contributed by atoms with van der Waals surface area (Å²) in [6.45, 7) is 2.60. The van der Waals surface area contributed by atoms with Crippen LogP contribution in [0.2, 0.25) is 0 Å². The molecule has 2 aliphatic heterocycles. The monoisotopic (exact) mass is 630 g/mol. The van der Waals surface area contributed by atoms with E-state index >= 15 is 0 Å². The highest BCUT2D eigenvalue weighted by Gasteiger charge is 2.25. The third kappa shape index (κ3) is 7.59. The molecule has 7 nitrogen and oxygen atoms in total. The average Bonchev–Trinajstić information content (AvgIpc) is 3.13. The lowest BCUT2D eigenvalue weighted by atomic mass is 9.90. The highest BCUT2D eigenvalue weighted by molar-refractivity contribution is 6.10. The van der Waals surface area contributed by atoms with E-state index in [-0.39, 0.29) is 46.6 Å². The van der Waals surface area contributed by atoms with E-state index in [1.807, 2.05) is 78.9 Å². The predicted molar refractivity (Wildman–Crippen MR) is 182 cm³/mol. The van der Waals surface area contributed by atoms with Crippen molar-refractivity contribution in [2.75, 3.05) is 26.4 Å². The standard InChI is InChI=1S/C20H20O4.C20H18O3/c21-18(15-9-11-24-12-10-15)13-19(22)17-8-4-7-16(20(17)23)14-5-2-1-3-6-14;21-18-13-19(15-9-11-22-12-10-15)23-20-16(7-4-8-17(18)20)14-5-2-1-3-6-14/h1-8,15,23H,9-13H2;1-8,13,15H,9-12H2. The van der Waals surface area contributed by atoms with Crippen molar-refractivity contribution in [3.8, 4) is 28.0 Å². The summed E-state index contributed by atoms with van der Waals surface area (Å²) in [5, 5.41) is 11.1. The van der Waals surface area contributed by atoms with Crippen molar-refractivity contribution in [3.05, 3.63) is 125 Å². The molecule has 7 rings (SSSR count).